The van der Waals surface area contributed by atoms with Gasteiger partial charge in [0.25, 0.3) is 0 Å². The molecule has 3 aromatic rings. The molecule has 1 aliphatic heterocycles. The molecule has 3 fully saturated rings. The third kappa shape index (κ3) is 9.49. The van der Waals surface area contributed by atoms with Gasteiger partial charge in [0.05, 0.1) is 17.5 Å². The molecule has 3 heterocycles. The van der Waals surface area contributed by atoms with Crippen LogP contribution in [0.25, 0.3) is 11.2 Å². The molecule has 2 aromatic heterocycles. The second kappa shape index (κ2) is 15.7. The van der Waals surface area contributed by atoms with Crippen LogP contribution >= 0.6 is 24.8 Å². The van der Waals surface area contributed by atoms with Crippen LogP contribution in [0.1, 0.15) is 81.4 Å². The standard InChI is InChI=1S/C30H37F6N9O2.2ClH/c31-29(32,33)17-13-18(30(34,35)36)15-22(14-17)41-28(46)47-44-11-9-21(10-12-44)39-25-24-26(45(16-38-24)23-3-1-2-4-23)43-27(42-25)40-20-7-5-19(37)6-8-20;;/h13-16,19-21,23H,1-12,37H2,(H,41,46)(H2,39,40,42,43);2*1H/t19-,20-;;. The molecule has 272 valence electrons. The number of carbonyl (C=O) groups is 1. The quantitative estimate of drug-likeness (QED) is 0.181. The van der Waals surface area contributed by atoms with Crippen LogP contribution in [-0.4, -0.2) is 61.9 Å². The van der Waals surface area contributed by atoms with Gasteiger partial charge in [0.1, 0.15) is 0 Å². The Bertz CT molecular complexity index is 1540. The molecule has 0 spiro atoms. The first-order valence-electron chi connectivity index (χ1n) is 15.9. The Labute approximate surface area is 290 Å². The van der Waals surface area contributed by atoms with E-state index in [-0.39, 0.29) is 62.1 Å². The number of nitrogens with one attached hydrogen (secondary N) is 3. The molecule has 0 atom stereocenters. The molecule has 5 N–H and O–H groups in total. The number of hydrogen-bond acceptors (Lipinski definition) is 9. The highest BCUT2D eigenvalue weighted by atomic mass is 35.5. The number of carbonyl (C=O) groups excluding carboxylic acids is 1. The number of amides is 1. The highest BCUT2D eigenvalue weighted by Crippen LogP contribution is 2.38. The number of halogens is 8. The summed E-state index contributed by atoms with van der Waals surface area (Å²) in [7, 11) is 0. The zero-order valence-electron chi connectivity index (χ0n) is 26.3. The maximum absolute atomic E-state index is 13.2. The van der Waals surface area contributed by atoms with E-state index < -0.39 is 35.3 Å². The third-order valence-corrected chi connectivity index (χ3v) is 9.09. The number of fused-ring (bicyclic) bond motifs is 1. The lowest BCUT2D eigenvalue weighted by Crippen LogP contribution is -2.41. The minimum Gasteiger partial charge on any atom is -0.365 e. The maximum Gasteiger partial charge on any atom is 0.430 e. The van der Waals surface area contributed by atoms with Crippen molar-refractivity contribution in [3.8, 4) is 0 Å². The average molecular weight is 743 g/mol. The van der Waals surface area contributed by atoms with Crippen LogP contribution in [0, 0.1) is 0 Å². The van der Waals surface area contributed by atoms with Crippen molar-refractivity contribution >= 4 is 59.5 Å². The molecular formula is C30H39Cl2F6N9O2. The molecule has 2 saturated carbocycles. The van der Waals surface area contributed by atoms with Gasteiger partial charge in [-0.15, -0.1) is 29.9 Å². The Morgan fingerprint density at radius 1 is 0.816 bits per heavy atom. The molecule has 11 nitrogen and oxygen atoms in total. The molecule has 1 saturated heterocycles. The molecule has 6 rings (SSSR count). The molecule has 2 aliphatic carbocycles. The zero-order chi connectivity index (χ0) is 33.3. The van der Waals surface area contributed by atoms with Gasteiger partial charge in [-0.25, -0.2) is 9.78 Å². The first-order valence-corrected chi connectivity index (χ1v) is 15.9. The lowest BCUT2D eigenvalue weighted by molar-refractivity contribution is -0.143. The van der Waals surface area contributed by atoms with Gasteiger partial charge in [0, 0.05) is 42.9 Å². The Morgan fingerprint density at radius 2 is 1.41 bits per heavy atom. The van der Waals surface area contributed by atoms with Crippen molar-refractivity contribution < 1.29 is 36.0 Å². The highest BCUT2D eigenvalue weighted by Gasteiger charge is 2.37. The predicted octanol–water partition coefficient (Wildman–Crippen LogP) is 7.54. The van der Waals surface area contributed by atoms with Gasteiger partial charge in [-0.1, -0.05) is 12.8 Å². The molecule has 0 unspecified atom stereocenters. The number of nitrogens with two attached hydrogens (primary N) is 1. The predicted molar refractivity (Wildman–Crippen MR) is 176 cm³/mol. The Kier molecular flexibility index (Phi) is 12.4. The van der Waals surface area contributed by atoms with E-state index in [1.54, 1.807) is 0 Å². The number of aromatic nitrogens is 4. The first-order chi connectivity index (χ1) is 22.3. The molecule has 1 amide bonds. The second-order valence-electron chi connectivity index (χ2n) is 12.6. The monoisotopic (exact) mass is 741 g/mol. The number of anilines is 3. The summed E-state index contributed by atoms with van der Waals surface area (Å²) in [5.41, 5.74) is 3.74. The molecule has 49 heavy (non-hydrogen) atoms. The summed E-state index contributed by atoms with van der Waals surface area (Å²) in [6, 6.07) is 1.51. The number of rotatable bonds is 7. The van der Waals surface area contributed by atoms with Crippen LogP contribution in [0.4, 0.5) is 48.6 Å². The van der Waals surface area contributed by atoms with Crippen molar-refractivity contribution in [1.29, 1.82) is 0 Å². The fourth-order valence-electron chi connectivity index (χ4n) is 6.55. The van der Waals surface area contributed by atoms with Crippen LogP contribution in [0.5, 0.6) is 0 Å². The Hall–Kier alpha value is -3.28. The summed E-state index contributed by atoms with van der Waals surface area (Å²) < 4.78 is 81.3. The third-order valence-electron chi connectivity index (χ3n) is 9.09. The van der Waals surface area contributed by atoms with Gasteiger partial charge in [0.15, 0.2) is 17.0 Å². The number of nitrogens with zero attached hydrogens (tertiary/aromatic N) is 5. The van der Waals surface area contributed by atoms with E-state index in [0.717, 1.165) is 57.0 Å². The average Bonchev–Trinajstić information content (AvgIpc) is 3.69. The molecule has 19 heteroatoms. The largest absolute Gasteiger partial charge is 0.430 e. The molecule has 3 aliphatic rings. The lowest BCUT2D eigenvalue weighted by atomic mass is 9.92. The zero-order valence-corrected chi connectivity index (χ0v) is 28.0. The lowest BCUT2D eigenvalue weighted by Gasteiger charge is -2.31. The normalized spacial score (nSPS) is 21.1. The van der Waals surface area contributed by atoms with Gasteiger partial charge in [-0.2, -0.15) is 36.3 Å². The Morgan fingerprint density at radius 3 is 2.00 bits per heavy atom. The minimum atomic E-state index is -5.04. The van der Waals surface area contributed by atoms with Crippen LogP contribution in [0.3, 0.4) is 0 Å². The number of hydroxylamine groups is 2. The molecule has 0 bridgehead atoms. The SMILES string of the molecule is Cl.Cl.N[C@H]1CC[C@H](Nc2nc(NC3CCN(OC(=O)Nc4cc(C(F)(F)F)cc(C(F)(F)F)c4)CC3)c3ncn(C4CCCC4)c3n2)CC1. The summed E-state index contributed by atoms with van der Waals surface area (Å²) in [5, 5.41) is 10.3. The number of alkyl halides is 6. The van der Waals surface area contributed by atoms with Gasteiger partial charge >= 0.3 is 18.4 Å². The van der Waals surface area contributed by atoms with E-state index in [0.29, 0.717) is 48.3 Å². The van der Waals surface area contributed by atoms with Gasteiger partial charge in [-0.3, -0.25) is 5.32 Å². The topological polar surface area (TPSA) is 135 Å². The van der Waals surface area contributed by atoms with E-state index >= 15 is 0 Å². The summed E-state index contributed by atoms with van der Waals surface area (Å²) in [4.78, 5) is 32.0. The molecular weight excluding hydrogens is 703 g/mol. The minimum absolute atomic E-state index is 0. The van der Waals surface area contributed by atoms with E-state index in [4.69, 9.17) is 20.5 Å². The van der Waals surface area contributed by atoms with Gasteiger partial charge in [-0.05, 0) is 69.6 Å². The maximum atomic E-state index is 13.2. The van der Waals surface area contributed by atoms with E-state index in [1.165, 1.54) is 5.06 Å². The number of imidazole rings is 1. The first kappa shape index (κ1) is 38.5. The van der Waals surface area contributed by atoms with Crippen LogP contribution in [0.15, 0.2) is 24.5 Å². The highest BCUT2D eigenvalue weighted by molar-refractivity contribution is 5.86. The second-order valence-corrected chi connectivity index (χ2v) is 12.6. The van der Waals surface area contributed by atoms with Crippen molar-refractivity contribution in [2.24, 2.45) is 5.73 Å². The van der Waals surface area contributed by atoms with Gasteiger partial charge in [0.2, 0.25) is 5.95 Å². The summed E-state index contributed by atoms with van der Waals surface area (Å²) in [6.45, 7) is 0.527. The molecule has 0 radical (unpaired) electrons. The summed E-state index contributed by atoms with van der Waals surface area (Å²) in [6.07, 6.45) is -0.302. The summed E-state index contributed by atoms with van der Waals surface area (Å²) >= 11 is 0. The number of benzene rings is 1. The van der Waals surface area contributed by atoms with Gasteiger partial charge < -0.3 is 25.8 Å². The van der Waals surface area contributed by atoms with E-state index in [1.807, 2.05) is 11.6 Å². The smallest absolute Gasteiger partial charge is 0.365 e. The van der Waals surface area contributed by atoms with E-state index in [2.05, 4.69) is 20.2 Å². The van der Waals surface area contributed by atoms with E-state index in [9.17, 15) is 31.1 Å². The fraction of sp³-hybridized carbons (Fsp3) is 0.600. The van der Waals surface area contributed by atoms with Crippen molar-refractivity contribution in [2.45, 2.75) is 101 Å². The van der Waals surface area contributed by atoms with Crippen molar-refractivity contribution in [3.05, 3.63) is 35.7 Å². The van der Waals surface area contributed by atoms with Crippen molar-refractivity contribution in [2.75, 3.05) is 29.0 Å². The van der Waals surface area contributed by atoms with Crippen LogP contribution in [-0.2, 0) is 17.2 Å². The van der Waals surface area contributed by atoms with Crippen LogP contribution in [0.2, 0.25) is 0 Å². The number of piperidine rings is 1. The number of hydrogen-bond donors (Lipinski definition) is 4. The fourth-order valence-corrected chi connectivity index (χ4v) is 6.55. The van der Waals surface area contributed by atoms with Crippen molar-refractivity contribution in [3.63, 3.8) is 0 Å². The summed E-state index contributed by atoms with van der Waals surface area (Å²) in [5.74, 6) is 1.10. The van der Waals surface area contributed by atoms with Crippen molar-refractivity contribution in [1.82, 2.24) is 24.6 Å². The Balaban J connectivity index is 0.00000270. The molecule has 1 aromatic carbocycles. The van der Waals surface area contributed by atoms with Crippen LogP contribution < -0.4 is 21.7 Å².